The molecule has 1 atom stereocenters. The van der Waals surface area contributed by atoms with E-state index in [0.29, 0.717) is 19.1 Å². The van der Waals surface area contributed by atoms with Crippen LogP contribution in [0.25, 0.3) is 10.8 Å². The summed E-state index contributed by atoms with van der Waals surface area (Å²) in [6, 6.07) is 6.20. The van der Waals surface area contributed by atoms with Crippen molar-refractivity contribution in [3.63, 3.8) is 0 Å². The maximum absolute atomic E-state index is 5.68. The minimum Gasteiger partial charge on any atom is -0.486 e. The van der Waals surface area contributed by atoms with E-state index in [1.807, 2.05) is 12.3 Å². The largest absolute Gasteiger partial charge is 0.486 e. The Morgan fingerprint density at radius 2 is 2.00 bits per heavy atom. The van der Waals surface area contributed by atoms with Gasteiger partial charge >= 0.3 is 0 Å². The average Bonchev–Trinajstić information content (AvgIpc) is 2.98. The summed E-state index contributed by atoms with van der Waals surface area (Å²) in [5.41, 5.74) is 1.18. The molecule has 0 amide bonds. The van der Waals surface area contributed by atoms with Crippen molar-refractivity contribution in [1.29, 1.82) is 0 Å². The number of hydrogen-bond acceptors (Lipinski definition) is 4. The Morgan fingerprint density at radius 3 is 2.79 bits per heavy atom. The van der Waals surface area contributed by atoms with Gasteiger partial charge in [-0.25, -0.2) is 0 Å². The predicted octanol–water partition coefficient (Wildman–Crippen LogP) is 2.08. The number of pyridine rings is 1. The van der Waals surface area contributed by atoms with Crippen LogP contribution in [0.2, 0.25) is 0 Å². The second-order valence-corrected chi connectivity index (χ2v) is 5.10. The minimum atomic E-state index is 0.506. The zero-order valence-corrected chi connectivity index (χ0v) is 10.7. The van der Waals surface area contributed by atoms with E-state index in [1.54, 1.807) is 0 Å². The number of ether oxygens (including phenoxy) is 2. The number of nitrogens with zero attached hydrogens (tertiary/aromatic N) is 1. The van der Waals surface area contributed by atoms with Crippen LogP contribution in [0.3, 0.4) is 0 Å². The highest BCUT2D eigenvalue weighted by Crippen LogP contribution is 2.37. The summed E-state index contributed by atoms with van der Waals surface area (Å²) in [7, 11) is 0. The second-order valence-electron chi connectivity index (χ2n) is 5.10. The molecule has 2 aliphatic heterocycles. The van der Waals surface area contributed by atoms with Gasteiger partial charge in [0.25, 0.3) is 0 Å². The Kier molecular flexibility index (Phi) is 2.55. The topological polar surface area (TPSA) is 43.4 Å². The lowest BCUT2D eigenvalue weighted by Gasteiger charge is -2.20. The van der Waals surface area contributed by atoms with Crippen molar-refractivity contribution in [2.75, 3.05) is 26.3 Å². The van der Waals surface area contributed by atoms with Gasteiger partial charge in [-0.05, 0) is 36.6 Å². The molecule has 19 heavy (non-hydrogen) atoms. The van der Waals surface area contributed by atoms with E-state index in [9.17, 15) is 0 Å². The molecule has 3 heterocycles. The third-order valence-electron chi connectivity index (χ3n) is 3.91. The van der Waals surface area contributed by atoms with Crippen LogP contribution >= 0.6 is 0 Å². The van der Waals surface area contributed by atoms with Gasteiger partial charge in [0.1, 0.15) is 13.2 Å². The van der Waals surface area contributed by atoms with Crippen LogP contribution in [-0.4, -0.2) is 31.3 Å². The normalized spacial score (nSPS) is 21.8. The van der Waals surface area contributed by atoms with Crippen LogP contribution in [0.1, 0.15) is 18.0 Å². The van der Waals surface area contributed by atoms with Crippen molar-refractivity contribution in [3.05, 3.63) is 30.1 Å². The van der Waals surface area contributed by atoms with Crippen molar-refractivity contribution < 1.29 is 9.47 Å². The number of rotatable bonds is 1. The molecule has 1 N–H and O–H groups in total. The molecular formula is C15H16N2O2. The second kappa shape index (κ2) is 4.38. The summed E-state index contributed by atoms with van der Waals surface area (Å²) >= 11 is 0. The molecule has 0 aliphatic carbocycles. The number of benzene rings is 1. The maximum atomic E-state index is 5.68. The highest BCUT2D eigenvalue weighted by atomic mass is 16.6. The average molecular weight is 256 g/mol. The molecule has 1 aromatic carbocycles. The Hall–Kier alpha value is -1.81. The molecule has 4 rings (SSSR count). The van der Waals surface area contributed by atoms with Gasteiger partial charge in [0, 0.05) is 24.0 Å². The van der Waals surface area contributed by atoms with Gasteiger partial charge in [-0.1, -0.05) is 0 Å². The zero-order valence-electron chi connectivity index (χ0n) is 10.7. The van der Waals surface area contributed by atoms with Gasteiger partial charge in [0.05, 0.1) is 5.69 Å². The molecule has 1 fully saturated rings. The van der Waals surface area contributed by atoms with Gasteiger partial charge in [-0.3, -0.25) is 4.98 Å². The van der Waals surface area contributed by atoms with Gasteiger partial charge in [0.15, 0.2) is 11.5 Å². The van der Waals surface area contributed by atoms with Crippen LogP contribution in [0, 0.1) is 0 Å². The van der Waals surface area contributed by atoms with E-state index in [0.717, 1.165) is 31.0 Å². The standard InChI is InChI=1S/C15H16N2O2/c1-3-16-9-11(1)15-12-8-14-13(18-5-6-19-14)7-10(12)2-4-17-15/h2,4,7-8,11,16H,1,3,5-6,9H2. The fourth-order valence-corrected chi connectivity index (χ4v) is 2.95. The molecule has 2 aromatic rings. The molecule has 0 spiro atoms. The lowest BCUT2D eigenvalue weighted by molar-refractivity contribution is 0.172. The predicted molar refractivity (Wildman–Crippen MR) is 73.0 cm³/mol. The van der Waals surface area contributed by atoms with Crippen molar-refractivity contribution >= 4 is 10.8 Å². The Bertz CT molecular complexity index is 621. The van der Waals surface area contributed by atoms with Crippen LogP contribution in [0.4, 0.5) is 0 Å². The first-order chi connectivity index (χ1) is 9.42. The van der Waals surface area contributed by atoms with Gasteiger partial charge in [-0.2, -0.15) is 0 Å². The van der Waals surface area contributed by atoms with Crippen molar-refractivity contribution in [1.82, 2.24) is 10.3 Å². The first-order valence-corrected chi connectivity index (χ1v) is 6.81. The molecule has 4 nitrogen and oxygen atoms in total. The van der Waals surface area contributed by atoms with Crippen molar-refractivity contribution in [3.8, 4) is 11.5 Å². The Labute approximate surface area is 111 Å². The SMILES string of the molecule is c1cc2cc3c(cc2c(C2CCNC2)n1)OCCO3. The molecule has 0 saturated carbocycles. The summed E-state index contributed by atoms with van der Waals surface area (Å²) in [5.74, 6) is 2.20. The molecule has 1 saturated heterocycles. The summed E-state index contributed by atoms with van der Waals surface area (Å²) < 4.78 is 11.3. The van der Waals surface area contributed by atoms with Crippen LogP contribution in [0.5, 0.6) is 11.5 Å². The van der Waals surface area contributed by atoms with Gasteiger partial charge < -0.3 is 14.8 Å². The molecule has 1 aromatic heterocycles. The summed E-state index contributed by atoms with van der Waals surface area (Å²) in [6.45, 7) is 3.34. The summed E-state index contributed by atoms with van der Waals surface area (Å²) in [5, 5.41) is 5.78. The highest BCUT2D eigenvalue weighted by Gasteiger charge is 2.21. The van der Waals surface area contributed by atoms with Crippen LogP contribution in [0.15, 0.2) is 24.4 Å². The zero-order chi connectivity index (χ0) is 12.7. The smallest absolute Gasteiger partial charge is 0.162 e. The van der Waals surface area contributed by atoms with Crippen LogP contribution in [-0.2, 0) is 0 Å². The first kappa shape index (κ1) is 11.1. The van der Waals surface area contributed by atoms with E-state index in [2.05, 4.69) is 22.4 Å². The third-order valence-corrected chi connectivity index (χ3v) is 3.91. The lowest BCUT2D eigenvalue weighted by atomic mass is 9.98. The van der Waals surface area contributed by atoms with E-state index >= 15 is 0 Å². The Morgan fingerprint density at radius 1 is 1.16 bits per heavy atom. The van der Waals surface area contributed by atoms with E-state index in [-0.39, 0.29) is 0 Å². The fourth-order valence-electron chi connectivity index (χ4n) is 2.95. The van der Waals surface area contributed by atoms with Crippen LogP contribution < -0.4 is 14.8 Å². The monoisotopic (exact) mass is 256 g/mol. The molecule has 4 heteroatoms. The number of hydrogen-bond donors (Lipinski definition) is 1. The molecule has 0 bridgehead atoms. The number of nitrogens with one attached hydrogen (secondary N) is 1. The summed E-state index contributed by atoms with van der Waals surface area (Å²) in [6.07, 6.45) is 3.05. The fraction of sp³-hybridized carbons (Fsp3) is 0.400. The number of aromatic nitrogens is 1. The molecule has 1 unspecified atom stereocenters. The van der Waals surface area contributed by atoms with Gasteiger partial charge in [-0.15, -0.1) is 0 Å². The highest BCUT2D eigenvalue weighted by molar-refractivity contribution is 5.88. The Balaban J connectivity index is 1.89. The third kappa shape index (κ3) is 1.83. The lowest BCUT2D eigenvalue weighted by Crippen LogP contribution is -2.15. The minimum absolute atomic E-state index is 0.506. The van der Waals surface area contributed by atoms with E-state index in [1.165, 1.54) is 16.5 Å². The number of fused-ring (bicyclic) bond motifs is 2. The van der Waals surface area contributed by atoms with Crippen molar-refractivity contribution in [2.24, 2.45) is 0 Å². The maximum Gasteiger partial charge on any atom is 0.162 e. The molecular weight excluding hydrogens is 240 g/mol. The van der Waals surface area contributed by atoms with E-state index < -0.39 is 0 Å². The van der Waals surface area contributed by atoms with E-state index in [4.69, 9.17) is 9.47 Å². The van der Waals surface area contributed by atoms with Crippen molar-refractivity contribution in [2.45, 2.75) is 12.3 Å². The van der Waals surface area contributed by atoms with Gasteiger partial charge in [0.2, 0.25) is 0 Å². The molecule has 98 valence electrons. The molecule has 0 radical (unpaired) electrons. The quantitative estimate of drug-likeness (QED) is 0.848. The molecule has 2 aliphatic rings. The summed E-state index contributed by atoms with van der Waals surface area (Å²) in [4.78, 5) is 4.60. The first-order valence-electron chi connectivity index (χ1n) is 6.81.